The van der Waals surface area contributed by atoms with E-state index in [0.717, 1.165) is 0 Å². The first kappa shape index (κ1) is 11.3. The zero-order valence-corrected chi connectivity index (χ0v) is 9.79. The normalized spacial score (nSPS) is 12.1. The van der Waals surface area contributed by atoms with Gasteiger partial charge < -0.3 is 4.65 Å². The molecule has 0 saturated heterocycles. The summed E-state index contributed by atoms with van der Waals surface area (Å²) in [4.78, 5) is 0. The molecule has 0 heterocycles. The van der Waals surface area contributed by atoms with Crippen LogP contribution in [0.5, 0.6) is 0 Å². The van der Waals surface area contributed by atoms with Gasteiger partial charge in [-0.15, -0.1) is 0 Å². The third-order valence-electron chi connectivity index (χ3n) is 2.74. The van der Waals surface area contributed by atoms with Gasteiger partial charge in [-0.25, -0.2) is 0 Å². The van der Waals surface area contributed by atoms with E-state index in [-0.39, 0.29) is 5.60 Å². The minimum absolute atomic E-state index is 0.194. The Labute approximate surface area is 87.9 Å². The van der Waals surface area contributed by atoms with Gasteiger partial charge >= 0.3 is 0 Å². The molecule has 0 aliphatic heterocycles. The van der Waals surface area contributed by atoms with Gasteiger partial charge in [0.15, 0.2) is 0 Å². The zero-order chi connectivity index (χ0) is 10.8. The molecule has 0 bridgehead atoms. The Kier molecular flexibility index (Phi) is 3.38. The predicted molar refractivity (Wildman–Crippen MR) is 63.2 cm³/mol. The average Bonchev–Trinajstić information content (AvgIpc) is 2.18. The summed E-state index contributed by atoms with van der Waals surface area (Å²) in [7, 11) is 1.76. The molecule has 2 heteroatoms. The molecule has 1 nitrogen and oxygen atoms in total. The largest absolute Gasteiger partial charge is 0.435 e. The van der Waals surface area contributed by atoms with Gasteiger partial charge in [0.2, 0.25) is 0 Å². The highest BCUT2D eigenvalue weighted by atomic mass is 16.4. The maximum Gasteiger partial charge on any atom is 0.258 e. The molecule has 0 spiro atoms. The lowest BCUT2D eigenvalue weighted by atomic mass is 9.87. The van der Waals surface area contributed by atoms with Crippen molar-refractivity contribution in [2.75, 3.05) is 0 Å². The molecule has 0 aliphatic carbocycles. The molecule has 0 atom stereocenters. The van der Waals surface area contributed by atoms with Crippen LogP contribution in [-0.2, 0) is 10.3 Å². The Morgan fingerprint density at radius 2 is 1.79 bits per heavy atom. The smallest absolute Gasteiger partial charge is 0.258 e. The summed E-state index contributed by atoms with van der Waals surface area (Å²) < 4.78 is 5.51. The van der Waals surface area contributed by atoms with Crippen molar-refractivity contribution in [2.24, 2.45) is 0 Å². The Hall–Kier alpha value is -0.755. The summed E-state index contributed by atoms with van der Waals surface area (Å²) in [6.07, 6.45) is 0. The van der Waals surface area contributed by atoms with Crippen LogP contribution >= 0.6 is 0 Å². The fraction of sp³-hybridized carbons (Fsp3) is 0.500. The van der Waals surface area contributed by atoms with Gasteiger partial charge in [0.05, 0.1) is 5.60 Å². The van der Waals surface area contributed by atoms with Crippen molar-refractivity contribution in [1.29, 1.82) is 0 Å². The second-order valence-electron chi connectivity index (χ2n) is 4.46. The summed E-state index contributed by atoms with van der Waals surface area (Å²) in [6.45, 7) is 8.64. The lowest BCUT2D eigenvalue weighted by molar-refractivity contribution is 0.122. The van der Waals surface area contributed by atoms with Crippen LogP contribution in [0.15, 0.2) is 24.3 Å². The van der Waals surface area contributed by atoms with E-state index in [1.807, 2.05) is 0 Å². The van der Waals surface area contributed by atoms with Crippen molar-refractivity contribution in [3.05, 3.63) is 35.4 Å². The van der Waals surface area contributed by atoms with E-state index in [9.17, 15) is 0 Å². The molecule has 76 valence electrons. The molecule has 0 unspecified atom stereocenters. The highest BCUT2D eigenvalue weighted by molar-refractivity contribution is 5.98. The van der Waals surface area contributed by atoms with Crippen LogP contribution in [-0.4, -0.2) is 8.05 Å². The topological polar surface area (TPSA) is 9.23 Å². The van der Waals surface area contributed by atoms with E-state index in [0.29, 0.717) is 5.92 Å². The lowest BCUT2D eigenvalue weighted by Gasteiger charge is -2.28. The van der Waals surface area contributed by atoms with E-state index in [1.54, 1.807) is 8.05 Å². The van der Waals surface area contributed by atoms with Crippen molar-refractivity contribution < 1.29 is 4.65 Å². The fourth-order valence-electron chi connectivity index (χ4n) is 1.66. The predicted octanol–water partition coefficient (Wildman–Crippen LogP) is 2.61. The summed E-state index contributed by atoms with van der Waals surface area (Å²) in [5, 5.41) is 0. The third-order valence-corrected chi connectivity index (χ3v) is 2.74. The maximum atomic E-state index is 5.51. The van der Waals surface area contributed by atoms with Crippen LogP contribution in [0.25, 0.3) is 0 Å². The molecule has 0 fully saturated rings. The molecule has 1 rings (SSSR count). The van der Waals surface area contributed by atoms with E-state index in [4.69, 9.17) is 4.65 Å². The Balaban J connectivity index is 3.20. The third kappa shape index (κ3) is 2.18. The van der Waals surface area contributed by atoms with Gasteiger partial charge in [0.25, 0.3) is 8.05 Å². The van der Waals surface area contributed by atoms with Crippen molar-refractivity contribution in [2.45, 2.75) is 39.2 Å². The van der Waals surface area contributed by atoms with E-state index in [1.165, 1.54) is 11.1 Å². The van der Waals surface area contributed by atoms with E-state index >= 15 is 0 Å². The molecule has 0 aromatic heterocycles. The summed E-state index contributed by atoms with van der Waals surface area (Å²) in [5.74, 6) is 0.542. The van der Waals surface area contributed by atoms with E-state index < -0.39 is 0 Å². The van der Waals surface area contributed by atoms with Crippen LogP contribution in [0.2, 0.25) is 0 Å². The maximum absolute atomic E-state index is 5.51. The van der Waals surface area contributed by atoms with Crippen molar-refractivity contribution in [3.8, 4) is 0 Å². The summed E-state index contributed by atoms with van der Waals surface area (Å²) in [6, 6.07) is 8.49. The zero-order valence-electron chi connectivity index (χ0n) is 9.79. The van der Waals surface area contributed by atoms with Crippen LogP contribution in [0.1, 0.15) is 44.7 Å². The summed E-state index contributed by atoms with van der Waals surface area (Å²) >= 11 is 0. The molecule has 0 amide bonds. The number of benzene rings is 1. The van der Waals surface area contributed by atoms with E-state index in [2.05, 4.69) is 52.0 Å². The molecule has 0 saturated carbocycles. The minimum Gasteiger partial charge on any atom is -0.435 e. The SMILES string of the molecule is BOC(C)(C)c1ccccc1C(C)C. The first-order chi connectivity index (χ1) is 6.49. The molecule has 0 aliphatic rings. The van der Waals surface area contributed by atoms with Gasteiger partial charge in [-0.2, -0.15) is 0 Å². The van der Waals surface area contributed by atoms with Gasteiger partial charge in [-0.1, -0.05) is 38.1 Å². The Morgan fingerprint density at radius 1 is 1.21 bits per heavy atom. The second kappa shape index (κ2) is 4.18. The molecule has 1 aromatic rings. The molecule has 14 heavy (non-hydrogen) atoms. The van der Waals surface area contributed by atoms with Crippen LogP contribution in [0.4, 0.5) is 0 Å². The molecular formula is C12H19BO. The van der Waals surface area contributed by atoms with Crippen molar-refractivity contribution >= 4 is 8.05 Å². The highest BCUT2D eigenvalue weighted by Crippen LogP contribution is 2.30. The van der Waals surface area contributed by atoms with Crippen molar-refractivity contribution in [3.63, 3.8) is 0 Å². The standard InChI is InChI=1S/C12H19BO/c1-9(2)10-7-5-6-8-11(10)12(3,4)14-13/h5-9H,13H2,1-4H3. The van der Waals surface area contributed by atoms with Crippen molar-refractivity contribution in [1.82, 2.24) is 0 Å². The first-order valence-electron chi connectivity index (χ1n) is 5.13. The summed E-state index contributed by atoms with van der Waals surface area (Å²) in [5.41, 5.74) is 2.47. The highest BCUT2D eigenvalue weighted by Gasteiger charge is 2.22. The lowest BCUT2D eigenvalue weighted by Crippen LogP contribution is -2.22. The quantitative estimate of drug-likeness (QED) is 0.665. The second-order valence-corrected chi connectivity index (χ2v) is 4.46. The number of hydrogen-bond donors (Lipinski definition) is 0. The Bertz CT molecular complexity index is 305. The Morgan fingerprint density at radius 3 is 2.29 bits per heavy atom. The van der Waals surface area contributed by atoms with Gasteiger partial charge in [-0.05, 0) is 30.9 Å². The number of hydrogen-bond acceptors (Lipinski definition) is 1. The molecule has 0 radical (unpaired) electrons. The van der Waals surface area contributed by atoms with Crippen LogP contribution in [0, 0.1) is 0 Å². The average molecular weight is 190 g/mol. The first-order valence-corrected chi connectivity index (χ1v) is 5.13. The monoisotopic (exact) mass is 190 g/mol. The van der Waals surface area contributed by atoms with Gasteiger partial charge in [-0.3, -0.25) is 0 Å². The van der Waals surface area contributed by atoms with Crippen LogP contribution in [0.3, 0.4) is 0 Å². The van der Waals surface area contributed by atoms with Gasteiger partial charge in [0, 0.05) is 0 Å². The minimum atomic E-state index is -0.194. The molecule has 1 aromatic carbocycles. The van der Waals surface area contributed by atoms with Crippen LogP contribution < -0.4 is 0 Å². The fourth-order valence-corrected chi connectivity index (χ4v) is 1.66. The van der Waals surface area contributed by atoms with Gasteiger partial charge in [0.1, 0.15) is 0 Å². The molecular weight excluding hydrogens is 171 g/mol. The molecule has 0 N–H and O–H groups in total. The number of rotatable bonds is 3.